The van der Waals surface area contributed by atoms with E-state index in [1.165, 1.54) is 105 Å². The molecule has 0 aliphatic heterocycles. The van der Waals surface area contributed by atoms with Crippen LogP contribution in [0.15, 0.2) is 431 Å². The minimum atomic E-state index is -0.757. The first-order valence-corrected chi connectivity index (χ1v) is 47.8. The molecule has 0 fully saturated rings. The number of benzene rings is 18. The van der Waals surface area contributed by atoms with E-state index in [9.17, 15) is 0 Å². The number of anilines is 6. The lowest BCUT2D eigenvalue weighted by atomic mass is 9.67. The monoisotopic (exact) mass is 1730 g/mol. The molecule has 2 aliphatic rings. The zero-order valence-corrected chi connectivity index (χ0v) is 77.7. The lowest BCUT2D eigenvalue weighted by molar-refractivity contribution is 0.306. The number of hydrogen-bond donors (Lipinski definition) is 0. The van der Waals surface area contributed by atoms with Crippen LogP contribution in [0, 0.1) is 11.8 Å². The number of ether oxygens (including phenoxy) is 2. The average molecular weight is 1740 g/mol. The lowest BCUT2D eigenvalue weighted by Gasteiger charge is -2.35. The van der Waals surface area contributed by atoms with Crippen LogP contribution in [0.3, 0.4) is 0 Å². The first kappa shape index (κ1) is 84.3. The molecule has 22 rings (SSSR count). The van der Waals surface area contributed by atoms with Crippen molar-refractivity contribution in [2.24, 2.45) is 11.8 Å². The van der Waals surface area contributed by atoms with Gasteiger partial charge in [-0.3, -0.25) is 0 Å². The zero-order valence-electron chi connectivity index (χ0n) is 77.7. The number of fused-ring (bicyclic) bond motifs is 12. The van der Waals surface area contributed by atoms with Crippen LogP contribution in [0.5, 0.6) is 11.5 Å². The summed E-state index contributed by atoms with van der Waals surface area (Å²) < 4.78 is 18.4. The first-order chi connectivity index (χ1) is 65.5. The van der Waals surface area contributed by atoms with E-state index >= 15 is 0 Å². The highest BCUT2D eigenvalue weighted by Crippen LogP contribution is 2.61. The van der Waals surface area contributed by atoms with Gasteiger partial charge in [0.2, 0.25) is 0 Å². The second-order valence-electron chi connectivity index (χ2n) is 39.0. The molecule has 654 valence electrons. The molecule has 0 saturated heterocycles. The Hall–Kier alpha value is -15.2. The van der Waals surface area contributed by atoms with Gasteiger partial charge in [-0.05, 0) is 299 Å². The Morgan fingerprint density at radius 2 is 0.604 bits per heavy atom. The van der Waals surface area contributed by atoms with E-state index in [1.54, 1.807) is 0 Å². The Kier molecular flexibility index (Phi) is 21.9. The van der Waals surface area contributed by atoms with E-state index in [2.05, 4.69) is 512 Å². The molecule has 0 bridgehead atoms. The standard InChI is InChI=1S/C128H110N4O2/c1-85(2)75-87(5)91-49-45-89(46-50-91)83-133-108-66-58-98(59-67-108)127(96-30-14-10-15-31-96)118-72-64-106(131-122-42-25-22-39-110(122)111-40-23-26-43-123(111)131)81-115(118)116-82-107(65-73-119(116)127)132-124-44-27-24-41-112(124)117-78-94(53-74-125(117)132)93-29-28-38-103(77-93)130(102-36-20-13-21-37-102)105-63-71-121-114(80-105)113-79-104(129(100-32-16-11-17-33-100)101-34-18-12-19-35-101)62-70-120(113)128(121,97-56-54-95(55-57-97)126(7,8)9)99-60-68-109(69-61-99)134-84-90-47-51-92(52-48-90)88(6)76-86(3)4/h10-74,77-82,85-88H,75-76,83-84H2,1-9H3. The largest absolute Gasteiger partial charge is 0.489 e. The van der Waals surface area contributed by atoms with Crippen LogP contribution in [0.4, 0.5) is 34.1 Å². The van der Waals surface area contributed by atoms with Crippen molar-refractivity contribution in [3.63, 3.8) is 0 Å². The molecular formula is C128H110N4O2. The van der Waals surface area contributed by atoms with Crippen molar-refractivity contribution in [2.75, 3.05) is 9.80 Å². The van der Waals surface area contributed by atoms with Crippen molar-refractivity contribution in [3.05, 3.63) is 503 Å². The van der Waals surface area contributed by atoms with Crippen LogP contribution in [0.25, 0.3) is 88.4 Å². The highest BCUT2D eigenvalue weighted by Gasteiger charge is 2.49. The van der Waals surface area contributed by atoms with Gasteiger partial charge < -0.3 is 28.4 Å². The summed E-state index contributed by atoms with van der Waals surface area (Å²) >= 11 is 0. The summed E-state index contributed by atoms with van der Waals surface area (Å²) in [7, 11) is 0. The summed E-state index contributed by atoms with van der Waals surface area (Å²) in [4.78, 5) is 4.84. The van der Waals surface area contributed by atoms with E-state index in [0.29, 0.717) is 36.9 Å². The lowest BCUT2D eigenvalue weighted by Crippen LogP contribution is -2.29. The molecule has 6 heteroatoms. The number of nitrogens with zero attached hydrogens (tertiary/aromatic N) is 4. The van der Waals surface area contributed by atoms with E-state index in [0.717, 1.165) is 114 Å². The molecule has 4 unspecified atom stereocenters. The summed E-state index contributed by atoms with van der Waals surface area (Å²) in [6.07, 6.45) is 2.32. The van der Waals surface area contributed by atoms with E-state index in [1.807, 2.05) is 0 Å². The van der Waals surface area contributed by atoms with Crippen molar-refractivity contribution in [2.45, 2.75) is 116 Å². The summed E-state index contributed by atoms with van der Waals surface area (Å²) in [6, 6.07) is 161. The molecule has 2 heterocycles. The third-order valence-corrected chi connectivity index (χ3v) is 28.5. The highest BCUT2D eigenvalue weighted by atomic mass is 16.5. The molecule has 0 N–H and O–H groups in total. The minimum Gasteiger partial charge on any atom is -0.489 e. The minimum absolute atomic E-state index is 0.0639. The number of aromatic nitrogens is 2. The van der Waals surface area contributed by atoms with Crippen molar-refractivity contribution in [1.82, 2.24) is 9.13 Å². The van der Waals surface area contributed by atoms with Gasteiger partial charge >= 0.3 is 0 Å². The molecule has 2 aliphatic carbocycles. The molecule has 0 amide bonds. The average Bonchev–Trinajstić information content (AvgIpc) is 1.53. The van der Waals surface area contributed by atoms with Gasteiger partial charge in [0.1, 0.15) is 24.7 Å². The Labute approximate surface area is 788 Å². The van der Waals surface area contributed by atoms with Gasteiger partial charge in [-0.15, -0.1) is 0 Å². The topological polar surface area (TPSA) is 34.8 Å². The van der Waals surface area contributed by atoms with Gasteiger partial charge in [-0.2, -0.15) is 0 Å². The molecule has 4 atom stereocenters. The molecule has 18 aromatic carbocycles. The van der Waals surface area contributed by atoms with E-state index < -0.39 is 10.8 Å². The van der Waals surface area contributed by atoms with E-state index in [4.69, 9.17) is 9.47 Å². The Morgan fingerprint density at radius 3 is 1.02 bits per heavy atom. The van der Waals surface area contributed by atoms with Gasteiger partial charge in [-0.1, -0.05) is 341 Å². The highest BCUT2D eigenvalue weighted by molar-refractivity contribution is 6.12. The molecule has 0 radical (unpaired) electrons. The van der Waals surface area contributed by atoms with Crippen LogP contribution in [0.2, 0.25) is 0 Å². The smallest absolute Gasteiger partial charge is 0.119 e. The molecule has 134 heavy (non-hydrogen) atoms. The Bertz CT molecular complexity index is 7630. The fraction of sp³-hybridized carbons (Fsp3) is 0.156. The summed E-state index contributed by atoms with van der Waals surface area (Å²) in [5, 5.41) is 4.82. The van der Waals surface area contributed by atoms with Gasteiger partial charge in [0.05, 0.1) is 32.9 Å². The molecule has 6 nitrogen and oxygen atoms in total. The van der Waals surface area contributed by atoms with E-state index in [-0.39, 0.29) is 5.41 Å². The normalized spacial score (nSPS) is 14.9. The van der Waals surface area contributed by atoms with Crippen molar-refractivity contribution in [3.8, 4) is 56.3 Å². The molecule has 0 saturated carbocycles. The SMILES string of the molecule is CC(C)CC(C)c1ccc(COc2ccc(C3(c4ccc(C(C)(C)C)cc4)c4ccc(N(c5ccccc5)c5ccccc5)cc4-c4cc(N(c5ccccc5)c5cccc(-c6ccc7c(c6)c6ccccc6n7-c6ccc7c(c6)-c6cc(-n8c9ccccc9c9ccccc98)ccc6C7(c6ccccc6)c6ccc(OCc7ccc(C(C)CC(C)C)cc7)cc6)c5)ccc43)cc2)cc1. The third-order valence-electron chi connectivity index (χ3n) is 28.5. The Balaban J connectivity index is 0.661. The second kappa shape index (κ2) is 34.8. The number of para-hydroxylation sites is 6. The zero-order chi connectivity index (χ0) is 90.9. The second-order valence-corrected chi connectivity index (χ2v) is 39.0. The van der Waals surface area contributed by atoms with Crippen molar-refractivity contribution >= 4 is 77.7 Å². The quantitative estimate of drug-likeness (QED) is 0.0571. The molecular weight excluding hydrogens is 1630 g/mol. The van der Waals surface area contributed by atoms with Crippen LogP contribution in [0.1, 0.15) is 159 Å². The van der Waals surface area contributed by atoms with Crippen LogP contribution in [-0.4, -0.2) is 9.13 Å². The Morgan fingerprint density at radius 1 is 0.269 bits per heavy atom. The van der Waals surface area contributed by atoms with Gasteiger partial charge in [0.15, 0.2) is 0 Å². The molecule has 0 spiro atoms. The van der Waals surface area contributed by atoms with Crippen LogP contribution >= 0.6 is 0 Å². The third kappa shape index (κ3) is 15.0. The predicted molar refractivity (Wildman–Crippen MR) is 561 cm³/mol. The van der Waals surface area contributed by atoms with Crippen LogP contribution < -0.4 is 19.3 Å². The molecule has 20 aromatic rings. The van der Waals surface area contributed by atoms with Gasteiger partial charge in [-0.25, -0.2) is 0 Å². The number of rotatable bonds is 25. The van der Waals surface area contributed by atoms with Crippen molar-refractivity contribution < 1.29 is 9.47 Å². The summed E-state index contributed by atoms with van der Waals surface area (Å²) in [6.45, 7) is 21.7. The maximum Gasteiger partial charge on any atom is 0.119 e. The maximum absolute atomic E-state index is 6.73. The fourth-order valence-corrected chi connectivity index (χ4v) is 22.2. The van der Waals surface area contributed by atoms with Crippen LogP contribution in [-0.2, 0) is 29.5 Å². The van der Waals surface area contributed by atoms with Gasteiger partial charge in [0.25, 0.3) is 0 Å². The maximum atomic E-state index is 6.73. The summed E-state index contributed by atoms with van der Waals surface area (Å²) in [5.74, 6) is 3.94. The van der Waals surface area contributed by atoms with Gasteiger partial charge in [0, 0.05) is 67.0 Å². The predicted octanol–water partition coefficient (Wildman–Crippen LogP) is 34.0. The summed E-state index contributed by atoms with van der Waals surface area (Å²) in [5.41, 5.74) is 34.5. The molecule has 2 aromatic heterocycles. The number of hydrogen-bond acceptors (Lipinski definition) is 4. The fourth-order valence-electron chi connectivity index (χ4n) is 22.2. The van der Waals surface area contributed by atoms with Crippen molar-refractivity contribution in [1.29, 1.82) is 0 Å². The first-order valence-electron chi connectivity index (χ1n) is 47.8.